The Balaban J connectivity index is 0.000000782. The summed E-state index contributed by atoms with van der Waals surface area (Å²) in [7, 11) is -1.52. The molecule has 1 aliphatic rings. The maximum atomic E-state index is 12.8. The number of amides is 1. The molecule has 1 fully saturated rings. The van der Waals surface area contributed by atoms with Crippen molar-refractivity contribution in [2.45, 2.75) is 13.5 Å². The number of pyridine rings is 1. The number of benzene rings is 2. The Morgan fingerprint density at radius 3 is 2.37 bits per heavy atom. The van der Waals surface area contributed by atoms with Crippen molar-refractivity contribution in [3.63, 3.8) is 0 Å². The van der Waals surface area contributed by atoms with E-state index >= 15 is 0 Å². The minimum Gasteiger partial charge on any atom is -0.324 e. The van der Waals surface area contributed by atoms with E-state index in [2.05, 4.69) is 48.0 Å². The minimum atomic E-state index is -3.67. The van der Waals surface area contributed by atoms with E-state index in [0.29, 0.717) is 17.8 Å². The highest BCUT2D eigenvalue weighted by Crippen LogP contribution is 2.24. The maximum Gasteiger partial charge on any atom is 0.261 e. The van der Waals surface area contributed by atoms with Gasteiger partial charge in [0.15, 0.2) is 0 Å². The first-order valence-electron chi connectivity index (χ1n) is 13.6. The molecule has 43 heavy (non-hydrogen) atoms. The summed E-state index contributed by atoms with van der Waals surface area (Å²) >= 11 is 0. The topological polar surface area (TPSA) is 153 Å². The van der Waals surface area contributed by atoms with E-state index in [4.69, 9.17) is 4.55 Å². The summed E-state index contributed by atoms with van der Waals surface area (Å²) in [6.45, 7) is 6.87. The van der Waals surface area contributed by atoms with Crippen molar-refractivity contribution >= 4 is 33.3 Å². The third-order valence-corrected chi connectivity index (χ3v) is 6.57. The lowest BCUT2D eigenvalue weighted by Crippen LogP contribution is -2.50. The number of carbonyl (C=O) groups is 1. The lowest BCUT2D eigenvalue weighted by atomic mass is 10.1. The average Bonchev–Trinajstić information content (AvgIpc) is 2.98. The highest BCUT2D eigenvalue weighted by Gasteiger charge is 2.13. The zero-order valence-electron chi connectivity index (χ0n) is 24.4. The van der Waals surface area contributed by atoms with E-state index in [1.54, 1.807) is 18.6 Å². The van der Waals surface area contributed by atoms with Crippen LogP contribution in [0.5, 0.6) is 0 Å². The molecule has 5 rings (SSSR count). The monoisotopic (exact) mass is 604 g/mol. The Morgan fingerprint density at radius 2 is 1.72 bits per heavy atom. The summed E-state index contributed by atoms with van der Waals surface area (Å²) in [5.74, 6) is 0.352. The summed E-state index contributed by atoms with van der Waals surface area (Å²) in [6, 6.07) is 19.1. The van der Waals surface area contributed by atoms with Crippen LogP contribution in [0.2, 0.25) is 0 Å². The molecule has 1 amide bonds. The van der Waals surface area contributed by atoms with Crippen molar-refractivity contribution in [2.24, 2.45) is 0 Å². The number of nitrogens with one attached hydrogen (secondary N) is 3. The molecule has 12 nitrogen and oxygen atoms in total. The van der Waals surface area contributed by atoms with Gasteiger partial charge in [-0.2, -0.15) is 8.42 Å². The van der Waals surface area contributed by atoms with E-state index in [1.807, 2.05) is 67.6 Å². The Bertz CT molecular complexity index is 1600. The van der Waals surface area contributed by atoms with Crippen LogP contribution in [0.3, 0.4) is 0 Å². The van der Waals surface area contributed by atoms with Crippen LogP contribution < -0.4 is 16.1 Å². The number of hydrazine groups is 1. The summed E-state index contributed by atoms with van der Waals surface area (Å²) < 4.78 is 25.9. The number of nitrogens with zero attached hydrogens (tertiary/aromatic N) is 5. The highest BCUT2D eigenvalue weighted by atomic mass is 32.2. The quantitative estimate of drug-likeness (QED) is 0.218. The van der Waals surface area contributed by atoms with Crippen LogP contribution in [0, 0.1) is 6.92 Å². The van der Waals surface area contributed by atoms with Gasteiger partial charge in [-0.15, -0.1) is 0 Å². The molecule has 3 heterocycles. The molecule has 0 bridgehead atoms. The van der Waals surface area contributed by atoms with Crippen molar-refractivity contribution < 1.29 is 17.8 Å². The third-order valence-electron chi connectivity index (χ3n) is 6.57. The number of anilines is 3. The van der Waals surface area contributed by atoms with Gasteiger partial charge in [0.05, 0.1) is 11.9 Å². The lowest BCUT2D eigenvalue weighted by Gasteiger charge is -2.32. The maximum absolute atomic E-state index is 12.8. The van der Waals surface area contributed by atoms with Crippen LogP contribution in [0.1, 0.15) is 21.5 Å². The van der Waals surface area contributed by atoms with Crippen molar-refractivity contribution in [3.05, 3.63) is 95.9 Å². The van der Waals surface area contributed by atoms with Gasteiger partial charge < -0.3 is 15.5 Å². The number of hydrogen-bond donors (Lipinski definition) is 4. The first-order valence-corrected chi connectivity index (χ1v) is 15.5. The van der Waals surface area contributed by atoms with E-state index in [1.165, 1.54) is 0 Å². The second kappa shape index (κ2) is 14.8. The van der Waals surface area contributed by atoms with Crippen molar-refractivity contribution in [1.82, 2.24) is 30.3 Å². The fourth-order valence-corrected chi connectivity index (χ4v) is 4.24. The number of rotatable bonds is 8. The molecular formula is C30H36N8O4S. The summed E-state index contributed by atoms with van der Waals surface area (Å²) in [5, 5.41) is 8.52. The van der Waals surface area contributed by atoms with Gasteiger partial charge in [0, 0.05) is 73.8 Å². The second-order valence-corrected chi connectivity index (χ2v) is 11.6. The SMILES string of the molecule is CS(=O)(=O)O.Cc1cc(NC(=O)c2ccc(CNN3CCN(C)CC3)cc2)ccc1Nc1nccc(-c2cccnc2)n1. The van der Waals surface area contributed by atoms with Crippen molar-refractivity contribution in [1.29, 1.82) is 0 Å². The van der Waals surface area contributed by atoms with Gasteiger partial charge in [0.2, 0.25) is 5.95 Å². The molecule has 226 valence electrons. The third kappa shape index (κ3) is 10.5. The van der Waals surface area contributed by atoms with E-state index in [-0.39, 0.29) is 5.91 Å². The first-order chi connectivity index (χ1) is 20.5. The number of likely N-dealkylation sites (N-methyl/N-ethyl adjacent to an activating group) is 1. The number of aryl methyl sites for hydroxylation is 1. The van der Waals surface area contributed by atoms with Gasteiger partial charge in [-0.25, -0.2) is 15.0 Å². The van der Waals surface area contributed by atoms with E-state index in [9.17, 15) is 13.2 Å². The largest absolute Gasteiger partial charge is 0.324 e. The van der Waals surface area contributed by atoms with Crippen LogP contribution in [-0.2, 0) is 16.7 Å². The fourth-order valence-electron chi connectivity index (χ4n) is 4.24. The summed E-state index contributed by atoms with van der Waals surface area (Å²) in [6.07, 6.45) is 5.94. The van der Waals surface area contributed by atoms with E-state index < -0.39 is 10.1 Å². The molecule has 13 heteroatoms. The highest BCUT2D eigenvalue weighted by molar-refractivity contribution is 7.85. The number of carbonyl (C=O) groups excluding carboxylic acids is 1. The predicted octanol–water partition coefficient (Wildman–Crippen LogP) is 3.60. The molecule has 1 saturated heterocycles. The Morgan fingerprint density at radius 1 is 1.00 bits per heavy atom. The normalized spacial score (nSPS) is 14.0. The Labute approximate surface area is 251 Å². The van der Waals surface area contributed by atoms with Crippen LogP contribution in [0.15, 0.2) is 79.3 Å². The summed E-state index contributed by atoms with van der Waals surface area (Å²) in [4.78, 5) is 28.3. The van der Waals surface area contributed by atoms with Gasteiger partial charge >= 0.3 is 0 Å². The number of aromatic nitrogens is 3. The van der Waals surface area contributed by atoms with Crippen LogP contribution >= 0.6 is 0 Å². The number of piperazine rings is 1. The molecule has 2 aromatic heterocycles. The molecule has 4 N–H and O–H groups in total. The average molecular weight is 605 g/mol. The van der Waals surface area contributed by atoms with Crippen molar-refractivity contribution in [2.75, 3.05) is 50.1 Å². The zero-order chi connectivity index (χ0) is 30.8. The van der Waals surface area contributed by atoms with Crippen LogP contribution in [-0.4, -0.2) is 83.2 Å². The van der Waals surface area contributed by atoms with Gasteiger partial charge in [0.1, 0.15) is 0 Å². The van der Waals surface area contributed by atoms with Crippen LogP contribution in [0.4, 0.5) is 17.3 Å². The van der Waals surface area contributed by atoms with Gasteiger partial charge in [0.25, 0.3) is 16.0 Å². The predicted molar refractivity (Wildman–Crippen MR) is 168 cm³/mol. The number of hydrogen-bond acceptors (Lipinski definition) is 10. The van der Waals surface area contributed by atoms with Gasteiger partial charge in [-0.3, -0.25) is 19.8 Å². The van der Waals surface area contributed by atoms with Crippen LogP contribution in [0.25, 0.3) is 11.3 Å². The molecule has 0 unspecified atom stereocenters. The molecule has 1 aliphatic heterocycles. The molecule has 0 saturated carbocycles. The Kier molecular flexibility index (Phi) is 10.9. The lowest BCUT2D eigenvalue weighted by molar-refractivity contribution is 0.102. The molecule has 4 aromatic rings. The summed E-state index contributed by atoms with van der Waals surface area (Å²) in [5.41, 5.74) is 9.50. The Hall–Kier alpha value is -4.27. The molecule has 0 atom stereocenters. The van der Waals surface area contributed by atoms with Gasteiger partial charge in [-0.1, -0.05) is 12.1 Å². The van der Waals surface area contributed by atoms with Gasteiger partial charge in [-0.05, 0) is 73.6 Å². The molecule has 0 radical (unpaired) electrons. The molecular weight excluding hydrogens is 568 g/mol. The first kappa shape index (κ1) is 31.7. The fraction of sp³-hybridized carbons (Fsp3) is 0.267. The van der Waals surface area contributed by atoms with E-state index in [0.717, 1.165) is 66.5 Å². The molecule has 0 aliphatic carbocycles. The molecule has 2 aromatic carbocycles. The minimum absolute atomic E-state index is 0.142. The smallest absolute Gasteiger partial charge is 0.261 e. The standard InChI is InChI=1S/C29H32N8O.CH4O3S/c1-21-18-25(9-10-26(21)34-29-31-13-11-27(35-29)24-4-3-12-30-20-24)33-28(38)23-7-5-22(6-8-23)19-32-37-16-14-36(2)15-17-37;1-5(2,3)4/h3-13,18,20,32H,14-17,19H2,1-2H3,(H,33,38)(H,31,34,35);1H3,(H,2,3,4). The second-order valence-electron chi connectivity index (χ2n) is 10.2. The van der Waals surface area contributed by atoms with Crippen molar-refractivity contribution in [3.8, 4) is 11.3 Å². The molecule has 0 spiro atoms. The zero-order valence-corrected chi connectivity index (χ0v) is 25.2.